The molecule has 1 rings (SSSR count). The molecule has 0 saturated heterocycles. The summed E-state index contributed by atoms with van der Waals surface area (Å²) in [5, 5.41) is 2.66. The summed E-state index contributed by atoms with van der Waals surface area (Å²) in [5.74, 6) is -0.0795. The molecule has 1 aromatic carbocycles. The predicted octanol–water partition coefficient (Wildman–Crippen LogP) is 2.09. The topological polar surface area (TPSA) is 29.1 Å². The number of carbonyl (C=O) groups excluding carboxylic acids is 1. The van der Waals surface area contributed by atoms with Gasteiger partial charge in [0.2, 0.25) is 5.91 Å². The fraction of sp³-hybridized carbons (Fsp3) is 0.100. The summed E-state index contributed by atoms with van der Waals surface area (Å²) in [6.45, 7) is 6.78. The smallest absolute Gasteiger partial charge is 0.221 e. The highest BCUT2D eigenvalue weighted by molar-refractivity contribution is 5.88. The number of benzene rings is 1. The van der Waals surface area contributed by atoms with E-state index in [-0.39, 0.29) is 5.91 Å². The van der Waals surface area contributed by atoms with E-state index >= 15 is 0 Å². The van der Waals surface area contributed by atoms with Crippen LogP contribution in [0.5, 0.6) is 0 Å². The lowest BCUT2D eigenvalue weighted by molar-refractivity contribution is -0.114. The van der Waals surface area contributed by atoms with Crippen LogP contribution in [0.4, 0.5) is 5.69 Å². The first kappa shape index (κ1) is 8.53. The molecule has 2 nitrogen and oxygen atoms in total. The van der Waals surface area contributed by atoms with Gasteiger partial charge in [0, 0.05) is 12.6 Å². The van der Waals surface area contributed by atoms with E-state index in [2.05, 4.69) is 5.32 Å². The van der Waals surface area contributed by atoms with E-state index in [9.17, 15) is 4.79 Å². The third-order valence-corrected chi connectivity index (χ3v) is 1.40. The Hall–Kier alpha value is -1.57. The highest BCUT2D eigenvalue weighted by atomic mass is 16.1. The first-order chi connectivity index (χ1) is 5.72. The monoisotopic (exact) mass is 160 g/mol. The van der Waals surface area contributed by atoms with Crippen molar-refractivity contribution in [2.24, 2.45) is 0 Å². The Balaban J connectivity index is 2.86. The van der Waals surface area contributed by atoms with Crippen LogP contribution in [0.25, 0.3) is 6.08 Å². The maximum absolute atomic E-state index is 10.7. The maximum Gasteiger partial charge on any atom is 0.221 e. The van der Waals surface area contributed by atoms with Gasteiger partial charge >= 0.3 is 0 Å². The number of anilines is 1. The van der Waals surface area contributed by atoms with Gasteiger partial charge in [0.25, 0.3) is 0 Å². The van der Waals surface area contributed by atoms with Crippen molar-refractivity contribution < 1.29 is 4.79 Å². The van der Waals surface area contributed by atoms with Crippen LogP contribution in [-0.2, 0) is 4.79 Å². The van der Waals surface area contributed by atoms with E-state index in [4.69, 9.17) is 6.58 Å². The Kier molecular flexibility index (Phi) is 2.64. The lowest BCUT2D eigenvalue weighted by atomic mass is 10.2. The van der Waals surface area contributed by atoms with Crippen LogP contribution in [0.15, 0.2) is 24.3 Å². The van der Waals surface area contributed by atoms with Crippen LogP contribution in [-0.4, -0.2) is 5.91 Å². The second-order valence-corrected chi connectivity index (χ2v) is 2.47. The van der Waals surface area contributed by atoms with Crippen LogP contribution < -0.4 is 5.32 Å². The van der Waals surface area contributed by atoms with Crippen molar-refractivity contribution >= 4 is 17.7 Å². The summed E-state index contributed by atoms with van der Waals surface area (Å²) in [6, 6.07) is 7.32. The van der Waals surface area contributed by atoms with Gasteiger partial charge in [-0.3, -0.25) is 4.79 Å². The molecule has 0 heterocycles. The van der Waals surface area contributed by atoms with E-state index in [1.54, 1.807) is 6.07 Å². The molecule has 1 amide bonds. The zero-order valence-corrected chi connectivity index (χ0v) is 6.87. The molecule has 2 heteroatoms. The average molecular weight is 160 g/mol. The first-order valence-corrected chi connectivity index (χ1v) is 3.65. The van der Waals surface area contributed by atoms with Crippen molar-refractivity contribution in [3.63, 3.8) is 0 Å². The second kappa shape index (κ2) is 3.72. The van der Waals surface area contributed by atoms with E-state index in [1.807, 2.05) is 18.2 Å². The molecule has 1 N–H and O–H groups in total. The molecule has 0 saturated carbocycles. The fourth-order valence-electron chi connectivity index (χ4n) is 0.923. The van der Waals surface area contributed by atoms with Gasteiger partial charge in [-0.05, 0) is 17.7 Å². The maximum atomic E-state index is 10.7. The van der Waals surface area contributed by atoms with Gasteiger partial charge in [0.05, 0.1) is 0 Å². The van der Waals surface area contributed by atoms with E-state index in [0.717, 1.165) is 11.3 Å². The van der Waals surface area contributed by atoms with Crippen molar-refractivity contribution in [3.05, 3.63) is 36.4 Å². The van der Waals surface area contributed by atoms with E-state index < -0.39 is 0 Å². The third-order valence-electron chi connectivity index (χ3n) is 1.40. The van der Waals surface area contributed by atoms with Crippen molar-refractivity contribution in [2.75, 3.05) is 5.32 Å². The van der Waals surface area contributed by atoms with Gasteiger partial charge in [-0.25, -0.2) is 0 Å². The average Bonchev–Trinajstić information content (AvgIpc) is 2.03. The van der Waals surface area contributed by atoms with Crippen molar-refractivity contribution in [3.8, 4) is 0 Å². The minimum absolute atomic E-state index is 0.0795. The Morgan fingerprint density at radius 2 is 2.33 bits per heavy atom. The Morgan fingerprint density at radius 3 is 2.92 bits per heavy atom. The molecule has 0 aliphatic rings. The molecule has 0 spiro atoms. The Morgan fingerprint density at radius 1 is 1.58 bits per heavy atom. The minimum atomic E-state index is -0.0795. The molecule has 1 radical (unpaired) electrons. The van der Waals surface area contributed by atoms with Gasteiger partial charge in [-0.2, -0.15) is 0 Å². The van der Waals surface area contributed by atoms with Gasteiger partial charge in [0.15, 0.2) is 0 Å². The number of rotatable bonds is 2. The Bertz CT molecular complexity index is 304. The molecular formula is C10H10NO. The zero-order chi connectivity index (χ0) is 8.97. The number of hydrogen-bond acceptors (Lipinski definition) is 1. The Labute approximate surface area is 71.9 Å². The SMILES string of the molecule is [CH]=Cc1cccc(NC(C)=O)c1. The van der Waals surface area contributed by atoms with Crippen LogP contribution in [0, 0.1) is 6.58 Å². The third kappa shape index (κ3) is 2.23. The van der Waals surface area contributed by atoms with Crippen molar-refractivity contribution in [1.82, 2.24) is 0 Å². The highest BCUT2D eigenvalue weighted by Gasteiger charge is 1.94. The summed E-state index contributed by atoms with van der Waals surface area (Å²) >= 11 is 0. The van der Waals surface area contributed by atoms with Crippen LogP contribution >= 0.6 is 0 Å². The molecule has 0 aliphatic heterocycles. The summed E-state index contributed by atoms with van der Waals surface area (Å²) < 4.78 is 0. The summed E-state index contributed by atoms with van der Waals surface area (Å²) in [5.41, 5.74) is 1.66. The molecule has 1 aromatic rings. The van der Waals surface area contributed by atoms with Crippen molar-refractivity contribution in [2.45, 2.75) is 6.92 Å². The number of hydrogen-bond donors (Lipinski definition) is 1. The fourth-order valence-corrected chi connectivity index (χ4v) is 0.923. The van der Waals surface area contributed by atoms with Gasteiger partial charge in [-0.15, -0.1) is 0 Å². The summed E-state index contributed by atoms with van der Waals surface area (Å²) in [4.78, 5) is 10.7. The summed E-state index contributed by atoms with van der Waals surface area (Å²) in [7, 11) is 0. The standard InChI is InChI=1S/C10H10NO/c1-3-9-5-4-6-10(7-9)11-8(2)12/h1,3-7H,2H3,(H,11,12). The van der Waals surface area contributed by atoms with Crippen LogP contribution in [0.2, 0.25) is 0 Å². The number of carbonyl (C=O) groups is 1. The quantitative estimate of drug-likeness (QED) is 0.705. The lowest BCUT2D eigenvalue weighted by Gasteiger charge is -2.01. The lowest BCUT2D eigenvalue weighted by Crippen LogP contribution is -2.05. The predicted molar refractivity (Wildman–Crippen MR) is 49.5 cm³/mol. The van der Waals surface area contributed by atoms with Gasteiger partial charge in [0.1, 0.15) is 0 Å². The van der Waals surface area contributed by atoms with E-state index in [1.165, 1.54) is 13.0 Å². The van der Waals surface area contributed by atoms with Gasteiger partial charge in [-0.1, -0.05) is 24.8 Å². The molecule has 0 aromatic heterocycles. The highest BCUT2D eigenvalue weighted by Crippen LogP contribution is 2.10. The molecule has 0 bridgehead atoms. The van der Waals surface area contributed by atoms with Crippen LogP contribution in [0.3, 0.4) is 0 Å². The van der Waals surface area contributed by atoms with Crippen molar-refractivity contribution in [1.29, 1.82) is 0 Å². The molecule has 0 atom stereocenters. The normalized spacial score (nSPS) is 9.08. The largest absolute Gasteiger partial charge is 0.326 e. The molecule has 0 unspecified atom stereocenters. The zero-order valence-electron chi connectivity index (χ0n) is 6.87. The first-order valence-electron chi connectivity index (χ1n) is 3.65. The second-order valence-electron chi connectivity index (χ2n) is 2.47. The van der Waals surface area contributed by atoms with Crippen LogP contribution in [0.1, 0.15) is 12.5 Å². The molecule has 61 valence electrons. The molecule has 0 fully saturated rings. The number of nitrogens with one attached hydrogen (secondary N) is 1. The molecular weight excluding hydrogens is 150 g/mol. The van der Waals surface area contributed by atoms with E-state index in [0.29, 0.717) is 0 Å². The summed E-state index contributed by atoms with van der Waals surface area (Å²) in [6.07, 6.45) is 1.49. The number of amides is 1. The molecule has 0 aliphatic carbocycles. The minimum Gasteiger partial charge on any atom is -0.326 e. The van der Waals surface area contributed by atoms with Gasteiger partial charge < -0.3 is 5.32 Å². The molecule has 12 heavy (non-hydrogen) atoms.